The van der Waals surface area contributed by atoms with Gasteiger partial charge in [0.15, 0.2) is 0 Å². The highest BCUT2D eigenvalue weighted by molar-refractivity contribution is 7.08. The lowest BCUT2D eigenvalue weighted by Crippen LogP contribution is -2.14. The second-order valence-electron chi connectivity index (χ2n) is 5.82. The molecule has 0 aliphatic carbocycles. The lowest BCUT2D eigenvalue weighted by molar-refractivity contribution is -0.116. The van der Waals surface area contributed by atoms with Gasteiger partial charge in [0.05, 0.1) is 11.4 Å². The van der Waals surface area contributed by atoms with Crippen LogP contribution in [0, 0.1) is 0 Å². The van der Waals surface area contributed by atoms with Crippen molar-refractivity contribution in [3.63, 3.8) is 0 Å². The first-order valence-electron chi connectivity index (χ1n) is 8.27. The third kappa shape index (κ3) is 4.10. The number of aryl methyl sites for hydroxylation is 1. The zero-order valence-corrected chi connectivity index (χ0v) is 15.7. The number of thiophene rings is 1. The quantitative estimate of drug-likeness (QED) is 0.505. The molecule has 4 rings (SSSR count). The van der Waals surface area contributed by atoms with Gasteiger partial charge in [-0.2, -0.15) is 16.3 Å². The van der Waals surface area contributed by atoms with Crippen LogP contribution in [0.1, 0.15) is 12.3 Å². The Labute approximate surface area is 164 Å². The molecule has 0 atom stereocenters. The summed E-state index contributed by atoms with van der Waals surface area (Å²) in [6.45, 7) is 0. The fourth-order valence-corrected chi connectivity index (χ4v) is 3.42. The first-order chi connectivity index (χ1) is 13.2. The minimum atomic E-state index is -0.138. The molecule has 3 heterocycles. The Hall–Kier alpha value is -2.90. The largest absolute Gasteiger partial charge is 0.339 e. The van der Waals surface area contributed by atoms with Crippen molar-refractivity contribution in [2.75, 3.05) is 5.32 Å². The van der Waals surface area contributed by atoms with Crippen LogP contribution in [0.2, 0.25) is 5.02 Å². The summed E-state index contributed by atoms with van der Waals surface area (Å²) in [7, 11) is 0. The van der Waals surface area contributed by atoms with Crippen molar-refractivity contribution in [1.82, 2.24) is 14.7 Å². The summed E-state index contributed by atoms with van der Waals surface area (Å²) in [5.41, 5.74) is 2.40. The average molecular weight is 399 g/mol. The van der Waals surface area contributed by atoms with Gasteiger partial charge in [0.25, 0.3) is 0 Å². The summed E-state index contributed by atoms with van der Waals surface area (Å²) in [5.74, 6) is 0.841. The van der Waals surface area contributed by atoms with Gasteiger partial charge in [-0.25, -0.2) is 0 Å². The molecule has 27 heavy (non-hydrogen) atoms. The topological polar surface area (TPSA) is 72.9 Å². The van der Waals surface area contributed by atoms with E-state index in [0.717, 1.165) is 11.3 Å². The molecule has 8 heteroatoms. The fraction of sp³-hybridized carbons (Fsp3) is 0.105. The maximum Gasteiger partial charge on any atom is 0.227 e. The van der Waals surface area contributed by atoms with E-state index in [1.807, 2.05) is 52.0 Å². The Kier molecular flexibility index (Phi) is 5.04. The van der Waals surface area contributed by atoms with Crippen molar-refractivity contribution < 1.29 is 9.32 Å². The molecule has 1 N–H and O–H groups in total. The van der Waals surface area contributed by atoms with E-state index in [9.17, 15) is 4.79 Å². The first kappa shape index (κ1) is 17.5. The Morgan fingerprint density at radius 2 is 2.11 bits per heavy atom. The summed E-state index contributed by atoms with van der Waals surface area (Å²) in [5, 5.41) is 11.4. The summed E-state index contributed by atoms with van der Waals surface area (Å²) in [6, 6.07) is 11.1. The first-order valence-corrected chi connectivity index (χ1v) is 9.59. The summed E-state index contributed by atoms with van der Waals surface area (Å²) in [6.07, 6.45) is 4.39. The number of halogens is 1. The van der Waals surface area contributed by atoms with Crippen molar-refractivity contribution in [1.29, 1.82) is 0 Å². The molecule has 0 bridgehead atoms. The highest BCUT2D eigenvalue weighted by Gasteiger charge is 2.13. The molecule has 0 spiro atoms. The number of rotatable bonds is 6. The third-order valence-electron chi connectivity index (χ3n) is 3.93. The number of carbonyl (C=O) groups is 1. The molecule has 1 aromatic carbocycles. The summed E-state index contributed by atoms with van der Waals surface area (Å²) in [4.78, 5) is 16.7. The van der Waals surface area contributed by atoms with Gasteiger partial charge >= 0.3 is 0 Å². The normalized spacial score (nSPS) is 10.9. The summed E-state index contributed by atoms with van der Waals surface area (Å²) < 4.78 is 7.12. The highest BCUT2D eigenvalue weighted by Crippen LogP contribution is 2.25. The molecule has 1 amide bonds. The summed E-state index contributed by atoms with van der Waals surface area (Å²) >= 11 is 7.67. The van der Waals surface area contributed by atoms with Crippen LogP contribution in [0.4, 0.5) is 5.69 Å². The van der Waals surface area contributed by atoms with Crippen LogP contribution >= 0.6 is 22.9 Å². The lowest BCUT2D eigenvalue weighted by atomic mass is 10.2. The van der Waals surface area contributed by atoms with Gasteiger partial charge in [-0.3, -0.25) is 4.79 Å². The van der Waals surface area contributed by atoms with E-state index >= 15 is 0 Å². The number of amides is 1. The molecule has 6 nitrogen and oxygen atoms in total. The molecule has 0 unspecified atom stereocenters. The van der Waals surface area contributed by atoms with Gasteiger partial charge in [0.1, 0.15) is 0 Å². The Morgan fingerprint density at radius 3 is 2.89 bits per heavy atom. The Morgan fingerprint density at radius 1 is 1.26 bits per heavy atom. The van der Waals surface area contributed by atoms with E-state index < -0.39 is 0 Å². The smallest absolute Gasteiger partial charge is 0.227 e. The maximum absolute atomic E-state index is 12.4. The van der Waals surface area contributed by atoms with Crippen molar-refractivity contribution in [2.45, 2.75) is 12.8 Å². The fourth-order valence-electron chi connectivity index (χ4n) is 2.62. The van der Waals surface area contributed by atoms with Gasteiger partial charge in [-0.1, -0.05) is 16.8 Å². The van der Waals surface area contributed by atoms with Gasteiger partial charge in [-0.15, -0.1) is 0 Å². The van der Waals surface area contributed by atoms with Gasteiger partial charge in [0.2, 0.25) is 17.6 Å². The molecule has 0 saturated carbocycles. The average Bonchev–Trinajstić information content (AvgIpc) is 3.42. The van der Waals surface area contributed by atoms with Crippen molar-refractivity contribution in [3.8, 4) is 17.1 Å². The molecular formula is C19H15ClN4O2S. The number of benzene rings is 1. The van der Waals surface area contributed by atoms with Crippen LogP contribution < -0.4 is 5.32 Å². The van der Waals surface area contributed by atoms with E-state index in [0.29, 0.717) is 28.8 Å². The predicted octanol–water partition coefficient (Wildman–Crippen LogP) is 4.81. The van der Waals surface area contributed by atoms with Crippen LogP contribution in [0.15, 0.2) is 64.1 Å². The molecule has 0 saturated heterocycles. The maximum atomic E-state index is 12.4. The molecule has 4 aromatic rings. The van der Waals surface area contributed by atoms with E-state index in [-0.39, 0.29) is 12.3 Å². The molecule has 0 fully saturated rings. The van der Waals surface area contributed by atoms with Crippen LogP contribution in [-0.2, 0) is 11.2 Å². The SMILES string of the molecule is O=C(CCc1nc(-c2ccsc2)no1)Nc1ccc(Cl)cc1-n1cccc1. The van der Waals surface area contributed by atoms with Gasteiger partial charge in [0, 0.05) is 41.2 Å². The molecule has 0 radical (unpaired) electrons. The third-order valence-corrected chi connectivity index (χ3v) is 4.85. The van der Waals surface area contributed by atoms with Gasteiger partial charge in [-0.05, 0) is 41.8 Å². The van der Waals surface area contributed by atoms with Crippen LogP contribution in [0.5, 0.6) is 0 Å². The number of carbonyl (C=O) groups excluding carboxylic acids is 1. The molecule has 0 aliphatic heterocycles. The van der Waals surface area contributed by atoms with Gasteiger partial charge < -0.3 is 14.4 Å². The number of hydrogen-bond acceptors (Lipinski definition) is 5. The number of anilines is 1. The zero-order chi connectivity index (χ0) is 18.6. The number of nitrogens with zero attached hydrogens (tertiary/aromatic N) is 3. The zero-order valence-electron chi connectivity index (χ0n) is 14.1. The number of aromatic nitrogens is 3. The van der Waals surface area contributed by atoms with E-state index in [4.69, 9.17) is 16.1 Å². The van der Waals surface area contributed by atoms with Crippen molar-refractivity contribution in [3.05, 3.63) is 70.5 Å². The van der Waals surface area contributed by atoms with Crippen LogP contribution in [-0.4, -0.2) is 20.6 Å². The number of hydrogen-bond donors (Lipinski definition) is 1. The predicted molar refractivity (Wildman–Crippen MR) is 105 cm³/mol. The van der Waals surface area contributed by atoms with Crippen molar-refractivity contribution >= 4 is 34.5 Å². The minimum Gasteiger partial charge on any atom is -0.339 e. The Balaban J connectivity index is 1.42. The van der Waals surface area contributed by atoms with Crippen LogP contribution in [0.25, 0.3) is 17.1 Å². The lowest BCUT2D eigenvalue weighted by Gasteiger charge is -2.12. The monoisotopic (exact) mass is 398 g/mol. The van der Waals surface area contributed by atoms with E-state index in [1.165, 1.54) is 0 Å². The second-order valence-corrected chi connectivity index (χ2v) is 7.04. The Bertz CT molecular complexity index is 1040. The van der Waals surface area contributed by atoms with Crippen LogP contribution in [0.3, 0.4) is 0 Å². The second kappa shape index (κ2) is 7.77. The molecule has 136 valence electrons. The number of nitrogens with one attached hydrogen (secondary N) is 1. The molecule has 3 aromatic heterocycles. The minimum absolute atomic E-state index is 0.138. The van der Waals surface area contributed by atoms with Crippen molar-refractivity contribution in [2.24, 2.45) is 0 Å². The molecule has 0 aliphatic rings. The standard InChI is InChI=1S/C19H15ClN4O2S/c20-14-3-4-15(16(11-14)24-8-1-2-9-24)21-17(25)5-6-18-22-19(23-26-18)13-7-10-27-12-13/h1-4,7-12H,5-6H2,(H,21,25). The van der Waals surface area contributed by atoms with E-state index in [2.05, 4.69) is 15.5 Å². The highest BCUT2D eigenvalue weighted by atomic mass is 35.5. The van der Waals surface area contributed by atoms with E-state index in [1.54, 1.807) is 23.5 Å². The molecular weight excluding hydrogens is 384 g/mol.